The summed E-state index contributed by atoms with van der Waals surface area (Å²) in [5.74, 6) is -0.243. The fourth-order valence-corrected chi connectivity index (χ4v) is 1.98. The molecule has 0 aliphatic heterocycles. The molecule has 0 atom stereocenters. The van der Waals surface area contributed by atoms with Gasteiger partial charge in [0.15, 0.2) is 0 Å². The number of amides is 2. The zero-order chi connectivity index (χ0) is 17.0. The maximum absolute atomic E-state index is 12.3. The van der Waals surface area contributed by atoms with Crippen LogP contribution in [0.1, 0.15) is 36.7 Å². The van der Waals surface area contributed by atoms with Crippen LogP contribution in [0.3, 0.4) is 0 Å². The summed E-state index contributed by atoms with van der Waals surface area (Å²) in [5, 5.41) is 5.70. The first-order valence-corrected chi connectivity index (χ1v) is 7.55. The zero-order valence-electron chi connectivity index (χ0n) is 13.9. The van der Waals surface area contributed by atoms with Crippen molar-refractivity contribution in [3.8, 4) is 0 Å². The third kappa shape index (κ3) is 4.68. The maximum atomic E-state index is 12.3. The summed E-state index contributed by atoms with van der Waals surface area (Å²) in [4.78, 5) is 24.3. The summed E-state index contributed by atoms with van der Waals surface area (Å²) < 4.78 is 0. The van der Waals surface area contributed by atoms with E-state index in [2.05, 4.69) is 10.6 Å². The van der Waals surface area contributed by atoms with Crippen LogP contribution in [0.2, 0.25) is 0 Å². The molecule has 0 aliphatic carbocycles. The lowest BCUT2D eigenvalue weighted by Crippen LogP contribution is -2.27. The molecule has 23 heavy (non-hydrogen) atoms. The highest BCUT2D eigenvalue weighted by molar-refractivity contribution is 6.04. The Bertz CT molecular complexity index is 730. The Hall–Kier alpha value is -2.62. The lowest BCUT2D eigenvalue weighted by molar-refractivity contribution is -0.123. The van der Waals surface area contributed by atoms with Crippen molar-refractivity contribution in [2.45, 2.75) is 27.7 Å². The predicted molar refractivity (Wildman–Crippen MR) is 93.7 cm³/mol. The topological polar surface area (TPSA) is 58.2 Å². The summed E-state index contributed by atoms with van der Waals surface area (Å²) in [5.41, 5.74) is 2.47. The quantitative estimate of drug-likeness (QED) is 0.891. The van der Waals surface area contributed by atoms with Crippen molar-refractivity contribution in [3.63, 3.8) is 0 Å². The third-order valence-corrected chi connectivity index (χ3v) is 3.34. The van der Waals surface area contributed by atoms with E-state index in [1.807, 2.05) is 45.9 Å². The second kappa shape index (κ2) is 6.65. The fourth-order valence-electron chi connectivity index (χ4n) is 1.98. The van der Waals surface area contributed by atoms with Crippen LogP contribution < -0.4 is 10.6 Å². The molecule has 2 aromatic rings. The SMILES string of the molecule is Cc1cccc(C(=O)Nc2cccc(NC(=O)C(C)(C)C)c2)c1. The Morgan fingerprint density at radius 1 is 0.870 bits per heavy atom. The molecule has 120 valence electrons. The highest BCUT2D eigenvalue weighted by Crippen LogP contribution is 2.20. The lowest BCUT2D eigenvalue weighted by Gasteiger charge is -2.18. The van der Waals surface area contributed by atoms with Gasteiger partial charge in [-0.3, -0.25) is 9.59 Å². The van der Waals surface area contributed by atoms with Gasteiger partial charge in [-0.1, -0.05) is 44.5 Å². The molecule has 0 spiro atoms. The number of rotatable bonds is 3. The molecule has 0 saturated heterocycles. The highest BCUT2D eigenvalue weighted by atomic mass is 16.2. The van der Waals surface area contributed by atoms with E-state index in [-0.39, 0.29) is 11.8 Å². The number of hydrogen-bond donors (Lipinski definition) is 2. The standard InChI is InChI=1S/C19H22N2O2/c1-13-7-5-8-14(11-13)17(22)20-15-9-6-10-16(12-15)21-18(23)19(2,3)4/h5-12H,1-4H3,(H,20,22)(H,21,23). The van der Waals surface area contributed by atoms with Gasteiger partial charge in [0.1, 0.15) is 0 Å². The molecule has 0 heterocycles. The minimum Gasteiger partial charge on any atom is -0.326 e. The van der Waals surface area contributed by atoms with E-state index < -0.39 is 5.41 Å². The smallest absolute Gasteiger partial charge is 0.255 e. The molecule has 4 heteroatoms. The summed E-state index contributed by atoms with van der Waals surface area (Å²) in [6.45, 7) is 7.50. The minimum absolute atomic E-state index is 0.0698. The second-order valence-corrected chi connectivity index (χ2v) is 6.61. The van der Waals surface area contributed by atoms with Crippen LogP contribution in [0.5, 0.6) is 0 Å². The fraction of sp³-hybridized carbons (Fsp3) is 0.263. The van der Waals surface area contributed by atoms with Crippen molar-refractivity contribution < 1.29 is 9.59 Å². The van der Waals surface area contributed by atoms with Crippen LogP contribution in [0.15, 0.2) is 48.5 Å². The van der Waals surface area contributed by atoms with Crippen molar-refractivity contribution in [1.82, 2.24) is 0 Å². The van der Waals surface area contributed by atoms with Crippen LogP contribution in [0.25, 0.3) is 0 Å². The number of carbonyl (C=O) groups excluding carboxylic acids is 2. The monoisotopic (exact) mass is 310 g/mol. The number of aryl methyl sites for hydroxylation is 1. The zero-order valence-corrected chi connectivity index (χ0v) is 13.9. The third-order valence-electron chi connectivity index (χ3n) is 3.34. The first-order chi connectivity index (χ1) is 10.8. The second-order valence-electron chi connectivity index (χ2n) is 6.61. The molecule has 0 aliphatic rings. The van der Waals surface area contributed by atoms with Gasteiger partial charge in [-0.05, 0) is 37.3 Å². The van der Waals surface area contributed by atoms with E-state index in [0.717, 1.165) is 5.56 Å². The molecule has 0 radical (unpaired) electrons. The maximum Gasteiger partial charge on any atom is 0.255 e. The first kappa shape index (κ1) is 16.7. The predicted octanol–water partition coefficient (Wildman–Crippen LogP) is 4.23. The van der Waals surface area contributed by atoms with E-state index in [0.29, 0.717) is 16.9 Å². The molecule has 0 unspecified atom stereocenters. The lowest BCUT2D eigenvalue weighted by atomic mass is 9.95. The van der Waals surface area contributed by atoms with Crippen LogP contribution in [-0.4, -0.2) is 11.8 Å². The van der Waals surface area contributed by atoms with Gasteiger partial charge in [-0.25, -0.2) is 0 Å². The Kier molecular flexibility index (Phi) is 4.84. The number of benzene rings is 2. The van der Waals surface area contributed by atoms with Gasteiger partial charge in [0.05, 0.1) is 0 Å². The average Bonchev–Trinajstić information content (AvgIpc) is 2.46. The molecule has 0 bridgehead atoms. The Balaban J connectivity index is 2.11. The van der Waals surface area contributed by atoms with Crippen molar-refractivity contribution >= 4 is 23.2 Å². The largest absolute Gasteiger partial charge is 0.326 e. The van der Waals surface area contributed by atoms with Crippen LogP contribution in [0.4, 0.5) is 11.4 Å². The molecule has 2 aromatic carbocycles. The van der Waals surface area contributed by atoms with Crippen molar-refractivity contribution in [2.75, 3.05) is 10.6 Å². The van der Waals surface area contributed by atoms with E-state index in [1.54, 1.807) is 30.3 Å². The number of hydrogen-bond acceptors (Lipinski definition) is 2. The van der Waals surface area contributed by atoms with E-state index >= 15 is 0 Å². The van der Waals surface area contributed by atoms with Gasteiger partial charge in [0, 0.05) is 22.4 Å². The summed E-state index contributed by atoms with van der Waals surface area (Å²) in [7, 11) is 0. The molecule has 2 rings (SSSR count). The van der Waals surface area contributed by atoms with Crippen molar-refractivity contribution in [2.24, 2.45) is 5.41 Å². The molecular weight excluding hydrogens is 288 g/mol. The summed E-state index contributed by atoms with van der Waals surface area (Å²) >= 11 is 0. The molecule has 0 fully saturated rings. The Morgan fingerprint density at radius 2 is 1.48 bits per heavy atom. The molecule has 0 aromatic heterocycles. The molecule has 2 N–H and O–H groups in total. The Morgan fingerprint density at radius 3 is 2.09 bits per heavy atom. The summed E-state index contributed by atoms with van der Waals surface area (Å²) in [6.07, 6.45) is 0. The van der Waals surface area contributed by atoms with Crippen LogP contribution >= 0.6 is 0 Å². The van der Waals surface area contributed by atoms with Crippen LogP contribution in [-0.2, 0) is 4.79 Å². The van der Waals surface area contributed by atoms with Crippen LogP contribution in [0, 0.1) is 12.3 Å². The van der Waals surface area contributed by atoms with Crippen molar-refractivity contribution in [3.05, 3.63) is 59.7 Å². The Labute approximate surface area is 136 Å². The van der Waals surface area contributed by atoms with E-state index in [9.17, 15) is 9.59 Å². The molecule has 0 saturated carbocycles. The first-order valence-electron chi connectivity index (χ1n) is 7.55. The average molecular weight is 310 g/mol. The van der Waals surface area contributed by atoms with Crippen molar-refractivity contribution in [1.29, 1.82) is 0 Å². The normalized spacial score (nSPS) is 11.0. The van der Waals surface area contributed by atoms with Gasteiger partial charge in [0.2, 0.25) is 5.91 Å². The number of nitrogens with one attached hydrogen (secondary N) is 2. The molecule has 2 amide bonds. The minimum atomic E-state index is -0.471. The molecular formula is C19H22N2O2. The van der Waals surface area contributed by atoms with E-state index in [1.165, 1.54) is 0 Å². The highest BCUT2D eigenvalue weighted by Gasteiger charge is 2.21. The molecule has 4 nitrogen and oxygen atoms in total. The van der Waals surface area contributed by atoms with E-state index in [4.69, 9.17) is 0 Å². The van der Waals surface area contributed by atoms with Gasteiger partial charge in [-0.15, -0.1) is 0 Å². The van der Waals surface area contributed by atoms with Gasteiger partial charge >= 0.3 is 0 Å². The number of carbonyl (C=O) groups is 2. The number of anilines is 2. The van der Waals surface area contributed by atoms with Gasteiger partial charge < -0.3 is 10.6 Å². The summed E-state index contributed by atoms with van der Waals surface area (Å²) in [6, 6.07) is 14.5. The van der Waals surface area contributed by atoms with Gasteiger partial charge in [0.25, 0.3) is 5.91 Å². The van der Waals surface area contributed by atoms with Gasteiger partial charge in [-0.2, -0.15) is 0 Å².